The Morgan fingerprint density at radius 1 is 1.19 bits per heavy atom. The summed E-state index contributed by atoms with van der Waals surface area (Å²) in [6.45, 7) is -0.0660. The Balaban J connectivity index is 1.75. The van der Waals surface area contributed by atoms with Crippen LogP contribution < -0.4 is 24.4 Å². The Morgan fingerprint density at radius 2 is 1.96 bits per heavy atom. The van der Waals surface area contributed by atoms with E-state index in [0.717, 1.165) is 0 Å². The van der Waals surface area contributed by atoms with Crippen LogP contribution in [0.25, 0.3) is 0 Å². The maximum atomic E-state index is 12.4. The number of rotatable bonds is 5. The van der Waals surface area contributed by atoms with Crippen molar-refractivity contribution in [1.82, 2.24) is 0 Å². The molecule has 0 spiro atoms. The van der Waals surface area contributed by atoms with Gasteiger partial charge in [-0.05, 0) is 30.3 Å². The maximum Gasteiger partial charge on any atom is 0.331 e. The van der Waals surface area contributed by atoms with Gasteiger partial charge in [0.1, 0.15) is 6.54 Å². The molecule has 1 heterocycles. The van der Waals surface area contributed by atoms with Gasteiger partial charge < -0.3 is 24.4 Å². The standard InChI is InChI=1S/C18H17ClN2O5/c1-24-15-6-4-12(8-16(15)25-2)20-17(22)9-21-10-18(23)26-14-5-3-11(19)7-13(14)21/h3-8H,9-10H2,1-2H3,(H,20,22). The van der Waals surface area contributed by atoms with Crippen LogP contribution in [0, 0.1) is 0 Å². The molecule has 3 rings (SSSR count). The fourth-order valence-corrected chi connectivity index (χ4v) is 2.82. The first-order valence-electron chi connectivity index (χ1n) is 7.77. The van der Waals surface area contributed by atoms with Crippen LogP contribution in [0.5, 0.6) is 17.2 Å². The van der Waals surface area contributed by atoms with Crippen molar-refractivity contribution in [3.63, 3.8) is 0 Å². The lowest BCUT2D eigenvalue weighted by atomic mass is 10.2. The van der Waals surface area contributed by atoms with Gasteiger partial charge in [0, 0.05) is 16.8 Å². The predicted molar refractivity (Wildman–Crippen MR) is 97.5 cm³/mol. The first-order chi connectivity index (χ1) is 12.5. The van der Waals surface area contributed by atoms with Crippen LogP contribution >= 0.6 is 11.6 Å². The molecule has 1 aliphatic heterocycles. The Hall–Kier alpha value is -2.93. The molecule has 0 atom stereocenters. The summed E-state index contributed by atoms with van der Waals surface area (Å²) in [5.74, 6) is 0.720. The summed E-state index contributed by atoms with van der Waals surface area (Å²) >= 11 is 6.01. The summed E-state index contributed by atoms with van der Waals surface area (Å²) in [6, 6.07) is 9.95. The van der Waals surface area contributed by atoms with Crippen molar-refractivity contribution in [2.45, 2.75) is 0 Å². The quantitative estimate of drug-likeness (QED) is 0.638. The molecule has 1 N–H and O–H groups in total. The van der Waals surface area contributed by atoms with Crippen molar-refractivity contribution in [2.75, 3.05) is 37.5 Å². The van der Waals surface area contributed by atoms with Gasteiger partial charge in [0.05, 0.1) is 26.5 Å². The van der Waals surface area contributed by atoms with E-state index in [4.69, 9.17) is 25.8 Å². The minimum atomic E-state index is -0.432. The van der Waals surface area contributed by atoms with Gasteiger partial charge in [0.2, 0.25) is 5.91 Å². The summed E-state index contributed by atoms with van der Waals surface area (Å²) in [4.78, 5) is 25.8. The monoisotopic (exact) mass is 376 g/mol. The molecule has 136 valence electrons. The van der Waals surface area contributed by atoms with Gasteiger partial charge in [-0.25, -0.2) is 4.79 Å². The van der Waals surface area contributed by atoms with Crippen LogP contribution in [-0.4, -0.2) is 39.2 Å². The van der Waals surface area contributed by atoms with E-state index < -0.39 is 5.97 Å². The molecule has 0 radical (unpaired) electrons. The maximum absolute atomic E-state index is 12.4. The third-order valence-corrected chi connectivity index (χ3v) is 4.04. The van der Waals surface area contributed by atoms with Gasteiger partial charge >= 0.3 is 5.97 Å². The fraction of sp³-hybridized carbons (Fsp3) is 0.222. The van der Waals surface area contributed by atoms with Gasteiger partial charge in [-0.15, -0.1) is 0 Å². The second-order valence-electron chi connectivity index (χ2n) is 5.56. The molecule has 2 aromatic rings. The van der Waals surface area contributed by atoms with Gasteiger partial charge in [-0.3, -0.25) is 4.79 Å². The summed E-state index contributed by atoms with van der Waals surface area (Å²) in [6.07, 6.45) is 0. The molecule has 0 saturated carbocycles. The van der Waals surface area contributed by atoms with E-state index in [-0.39, 0.29) is 19.0 Å². The highest BCUT2D eigenvalue weighted by molar-refractivity contribution is 6.31. The topological polar surface area (TPSA) is 77.1 Å². The Kier molecular flexibility index (Phi) is 5.18. The van der Waals surface area contributed by atoms with Crippen LogP contribution in [0.4, 0.5) is 11.4 Å². The molecule has 0 bridgehead atoms. The molecule has 0 aliphatic carbocycles. The summed E-state index contributed by atoms with van der Waals surface area (Å²) in [5.41, 5.74) is 1.15. The molecule has 7 nitrogen and oxygen atoms in total. The summed E-state index contributed by atoms with van der Waals surface area (Å²) in [5, 5.41) is 3.27. The Morgan fingerprint density at radius 3 is 2.69 bits per heavy atom. The lowest BCUT2D eigenvalue weighted by Crippen LogP contribution is -2.41. The fourth-order valence-electron chi connectivity index (χ4n) is 2.65. The SMILES string of the molecule is COc1ccc(NC(=O)CN2CC(=O)Oc3ccc(Cl)cc32)cc1OC. The smallest absolute Gasteiger partial charge is 0.331 e. The van der Waals surface area contributed by atoms with Crippen molar-refractivity contribution < 1.29 is 23.8 Å². The number of fused-ring (bicyclic) bond motifs is 1. The lowest BCUT2D eigenvalue weighted by Gasteiger charge is -2.29. The molecule has 0 aromatic heterocycles. The number of nitrogens with zero attached hydrogens (tertiary/aromatic N) is 1. The molecule has 0 fully saturated rings. The molecular formula is C18H17ClN2O5. The van der Waals surface area contributed by atoms with Crippen molar-refractivity contribution in [2.24, 2.45) is 0 Å². The molecule has 1 amide bonds. The van der Waals surface area contributed by atoms with E-state index in [1.165, 1.54) is 14.2 Å². The van der Waals surface area contributed by atoms with E-state index in [1.54, 1.807) is 41.3 Å². The summed E-state index contributed by atoms with van der Waals surface area (Å²) < 4.78 is 15.6. The highest BCUT2D eigenvalue weighted by atomic mass is 35.5. The first kappa shape index (κ1) is 17.9. The average molecular weight is 377 g/mol. The van der Waals surface area contributed by atoms with Crippen LogP contribution in [-0.2, 0) is 9.59 Å². The van der Waals surface area contributed by atoms with Gasteiger partial charge in [0.25, 0.3) is 0 Å². The summed E-state index contributed by atoms with van der Waals surface area (Å²) in [7, 11) is 3.05. The van der Waals surface area contributed by atoms with Gasteiger partial charge in [-0.2, -0.15) is 0 Å². The largest absolute Gasteiger partial charge is 0.493 e. The highest BCUT2D eigenvalue weighted by Crippen LogP contribution is 2.34. The lowest BCUT2D eigenvalue weighted by molar-refractivity contribution is -0.133. The van der Waals surface area contributed by atoms with Crippen molar-refractivity contribution in [3.05, 3.63) is 41.4 Å². The van der Waals surface area contributed by atoms with Crippen molar-refractivity contribution in [3.8, 4) is 17.2 Å². The number of anilines is 2. The third-order valence-electron chi connectivity index (χ3n) is 3.81. The first-order valence-corrected chi connectivity index (χ1v) is 8.15. The van der Waals surface area contributed by atoms with E-state index in [2.05, 4.69) is 5.32 Å². The highest BCUT2D eigenvalue weighted by Gasteiger charge is 2.26. The predicted octanol–water partition coefficient (Wildman–Crippen LogP) is 2.72. The zero-order valence-electron chi connectivity index (χ0n) is 14.2. The zero-order valence-corrected chi connectivity index (χ0v) is 15.0. The van der Waals surface area contributed by atoms with Crippen LogP contribution in [0.15, 0.2) is 36.4 Å². The average Bonchev–Trinajstić information content (AvgIpc) is 2.62. The number of hydrogen-bond donors (Lipinski definition) is 1. The van der Waals surface area contributed by atoms with E-state index in [1.807, 2.05) is 0 Å². The number of ether oxygens (including phenoxy) is 3. The second-order valence-corrected chi connectivity index (χ2v) is 6.00. The second kappa shape index (κ2) is 7.53. The molecule has 2 aromatic carbocycles. The molecule has 8 heteroatoms. The van der Waals surface area contributed by atoms with E-state index in [9.17, 15) is 9.59 Å². The Labute approximate surface area is 155 Å². The molecular weight excluding hydrogens is 360 g/mol. The number of amides is 1. The van der Waals surface area contributed by atoms with Crippen LogP contribution in [0.3, 0.4) is 0 Å². The van der Waals surface area contributed by atoms with Crippen molar-refractivity contribution in [1.29, 1.82) is 0 Å². The number of halogens is 1. The number of carbonyl (C=O) groups is 2. The molecule has 0 unspecified atom stereocenters. The zero-order chi connectivity index (χ0) is 18.7. The van der Waals surface area contributed by atoms with Crippen LogP contribution in [0.1, 0.15) is 0 Å². The number of hydrogen-bond acceptors (Lipinski definition) is 6. The third kappa shape index (κ3) is 3.83. The number of methoxy groups -OCH3 is 2. The number of esters is 1. The van der Waals surface area contributed by atoms with Gasteiger partial charge in [0.15, 0.2) is 17.2 Å². The minimum Gasteiger partial charge on any atom is -0.493 e. The molecule has 26 heavy (non-hydrogen) atoms. The normalized spacial score (nSPS) is 12.9. The van der Waals surface area contributed by atoms with E-state index in [0.29, 0.717) is 33.6 Å². The number of nitrogens with one attached hydrogen (secondary N) is 1. The number of carbonyl (C=O) groups excluding carboxylic acids is 2. The van der Waals surface area contributed by atoms with Crippen LogP contribution in [0.2, 0.25) is 5.02 Å². The minimum absolute atomic E-state index is 0.0310. The van der Waals surface area contributed by atoms with E-state index >= 15 is 0 Å². The van der Waals surface area contributed by atoms with Gasteiger partial charge in [-0.1, -0.05) is 11.6 Å². The molecule has 0 saturated heterocycles. The Bertz CT molecular complexity index is 855. The van der Waals surface area contributed by atoms with Crippen molar-refractivity contribution >= 4 is 34.9 Å². The molecule has 1 aliphatic rings. The number of benzene rings is 2.